The van der Waals surface area contributed by atoms with Gasteiger partial charge in [0.15, 0.2) is 0 Å². The van der Waals surface area contributed by atoms with Gasteiger partial charge in [-0.2, -0.15) is 10.4 Å². The lowest BCUT2D eigenvalue weighted by atomic mass is 9.83. The Morgan fingerprint density at radius 3 is 2.71 bits per heavy atom. The first-order valence-corrected chi connectivity index (χ1v) is 10.7. The van der Waals surface area contributed by atoms with Crippen molar-refractivity contribution < 1.29 is 14.3 Å². The van der Waals surface area contributed by atoms with Gasteiger partial charge in [-0.05, 0) is 30.7 Å². The predicted molar refractivity (Wildman–Crippen MR) is 123 cm³/mol. The summed E-state index contributed by atoms with van der Waals surface area (Å²) in [7, 11) is 1.74. The Bertz CT molecular complexity index is 1480. The number of carbonyl (C=O) groups excluding carboxylic acids is 1. The molecule has 0 saturated heterocycles. The average molecular weight is 468 g/mol. The number of rotatable bonds is 5. The summed E-state index contributed by atoms with van der Waals surface area (Å²) in [4.78, 5) is 24.7. The van der Waals surface area contributed by atoms with E-state index in [2.05, 4.69) is 26.1 Å². The molecule has 5 rings (SSSR count). The SMILES string of the molecule is CCOC(=O)c1nccn1-c1ccc(C2C(C#N)=C(N)Oc3c2c(-c2ccncn2)nn3C)cc1. The average Bonchev–Trinajstić information content (AvgIpc) is 3.49. The van der Waals surface area contributed by atoms with Gasteiger partial charge in [0, 0.05) is 31.3 Å². The lowest BCUT2D eigenvalue weighted by molar-refractivity contribution is 0.0510. The highest BCUT2D eigenvalue weighted by atomic mass is 16.5. The first-order valence-electron chi connectivity index (χ1n) is 10.7. The second kappa shape index (κ2) is 8.75. The van der Waals surface area contributed by atoms with Gasteiger partial charge in [0.1, 0.15) is 23.7 Å². The molecule has 35 heavy (non-hydrogen) atoms. The molecule has 1 aromatic carbocycles. The van der Waals surface area contributed by atoms with Crippen molar-refractivity contribution in [3.8, 4) is 29.0 Å². The van der Waals surface area contributed by atoms with E-state index in [9.17, 15) is 10.1 Å². The summed E-state index contributed by atoms with van der Waals surface area (Å²) in [5, 5.41) is 14.5. The number of aromatic nitrogens is 6. The molecule has 1 aliphatic heterocycles. The molecule has 1 aliphatic rings. The minimum absolute atomic E-state index is 0.0190. The number of esters is 1. The Kier molecular flexibility index (Phi) is 5.46. The van der Waals surface area contributed by atoms with Gasteiger partial charge in [-0.3, -0.25) is 4.57 Å². The van der Waals surface area contributed by atoms with Gasteiger partial charge in [-0.1, -0.05) is 12.1 Å². The molecule has 1 atom stereocenters. The highest BCUT2D eigenvalue weighted by Gasteiger charge is 2.37. The van der Waals surface area contributed by atoms with Crippen LogP contribution in [-0.2, 0) is 11.8 Å². The van der Waals surface area contributed by atoms with Crippen LogP contribution in [-0.4, -0.2) is 41.9 Å². The monoisotopic (exact) mass is 468 g/mol. The Labute approximate surface area is 200 Å². The molecule has 4 heterocycles. The first kappa shape index (κ1) is 21.8. The number of hydrogen-bond acceptors (Lipinski definition) is 9. The fraction of sp³-hybridized carbons (Fsp3) is 0.167. The smallest absolute Gasteiger partial charge is 0.374 e. The van der Waals surface area contributed by atoms with E-state index >= 15 is 0 Å². The number of nitriles is 1. The Hall–Kier alpha value is -4.98. The Morgan fingerprint density at radius 2 is 2.03 bits per heavy atom. The number of fused-ring (bicyclic) bond motifs is 1. The number of allylic oxidation sites excluding steroid dienone is 1. The summed E-state index contributed by atoms with van der Waals surface area (Å²) in [5.74, 6) is -0.422. The van der Waals surface area contributed by atoms with E-state index in [1.165, 1.54) is 12.5 Å². The van der Waals surface area contributed by atoms with Crippen molar-refractivity contribution in [2.45, 2.75) is 12.8 Å². The molecule has 11 heteroatoms. The molecule has 2 N–H and O–H groups in total. The molecule has 0 bridgehead atoms. The standard InChI is InChI=1S/C24H20N8O3/c1-3-34-24(33)22-28-10-11-32(22)15-6-4-14(5-7-15)18-16(12-25)21(26)35-23-19(18)20(30-31(23)2)17-8-9-27-13-29-17/h4-11,13,18H,3,26H2,1-2H3. The molecule has 0 fully saturated rings. The van der Waals surface area contributed by atoms with E-state index in [0.29, 0.717) is 28.5 Å². The summed E-state index contributed by atoms with van der Waals surface area (Å²) >= 11 is 0. The third kappa shape index (κ3) is 3.67. The summed E-state index contributed by atoms with van der Waals surface area (Å²) < 4.78 is 14.1. The molecule has 0 aliphatic carbocycles. The van der Waals surface area contributed by atoms with Gasteiger partial charge < -0.3 is 15.2 Å². The second-order valence-electron chi connectivity index (χ2n) is 7.64. The second-order valence-corrected chi connectivity index (χ2v) is 7.64. The van der Waals surface area contributed by atoms with Crippen molar-refractivity contribution in [2.75, 3.05) is 6.61 Å². The maximum Gasteiger partial charge on any atom is 0.374 e. The summed E-state index contributed by atoms with van der Waals surface area (Å²) in [6, 6.07) is 11.3. The zero-order chi connectivity index (χ0) is 24.5. The number of aryl methyl sites for hydroxylation is 1. The number of benzene rings is 1. The first-order chi connectivity index (χ1) is 17.0. The molecule has 3 aromatic heterocycles. The summed E-state index contributed by atoms with van der Waals surface area (Å²) in [6.07, 6.45) is 6.27. The Balaban J connectivity index is 1.61. The van der Waals surface area contributed by atoms with Gasteiger partial charge in [0.25, 0.3) is 0 Å². The topological polar surface area (TPSA) is 147 Å². The Morgan fingerprint density at radius 1 is 1.23 bits per heavy atom. The third-order valence-electron chi connectivity index (χ3n) is 5.63. The predicted octanol–water partition coefficient (Wildman–Crippen LogP) is 2.46. The van der Waals surface area contributed by atoms with Crippen molar-refractivity contribution in [3.05, 3.63) is 83.7 Å². The van der Waals surface area contributed by atoms with E-state index < -0.39 is 11.9 Å². The van der Waals surface area contributed by atoms with E-state index in [1.54, 1.807) is 41.7 Å². The van der Waals surface area contributed by atoms with Gasteiger partial charge in [0.2, 0.25) is 17.6 Å². The zero-order valence-corrected chi connectivity index (χ0v) is 18.9. The van der Waals surface area contributed by atoms with Gasteiger partial charge in [-0.15, -0.1) is 0 Å². The molecule has 0 spiro atoms. The van der Waals surface area contributed by atoms with E-state index in [0.717, 1.165) is 5.56 Å². The largest absolute Gasteiger partial charge is 0.460 e. The number of ether oxygens (including phenoxy) is 2. The zero-order valence-electron chi connectivity index (χ0n) is 18.9. The van der Waals surface area contributed by atoms with Crippen LogP contribution in [0.5, 0.6) is 5.88 Å². The highest BCUT2D eigenvalue weighted by molar-refractivity contribution is 5.86. The van der Waals surface area contributed by atoms with E-state index in [-0.39, 0.29) is 23.9 Å². The molecular formula is C24H20N8O3. The number of carbonyl (C=O) groups is 1. The van der Waals surface area contributed by atoms with Crippen molar-refractivity contribution in [3.63, 3.8) is 0 Å². The quantitative estimate of drug-likeness (QED) is 0.436. The van der Waals surface area contributed by atoms with Crippen molar-refractivity contribution in [2.24, 2.45) is 12.8 Å². The van der Waals surface area contributed by atoms with Crippen molar-refractivity contribution in [1.29, 1.82) is 5.26 Å². The lowest BCUT2D eigenvalue weighted by Gasteiger charge is -2.25. The molecule has 0 saturated carbocycles. The van der Waals surface area contributed by atoms with Crippen LogP contribution in [0.3, 0.4) is 0 Å². The third-order valence-corrected chi connectivity index (χ3v) is 5.63. The molecule has 174 valence electrons. The molecule has 0 radical (unpaired) electrons. The van der Waals surface area contributed by atoms with Crippen molar-refractivity contribution >= 4 is 5.97 Å². The lowest BCUT2D eigenvalue weighted by Crippen LogP contribution is -2.22. The number of hydrogen-bond donors (Lipinski definition) is 1. The van der Waals surface area contributed by atoms with E-state index in [1.807, 2.05) is 24.3 Å². The van der Waals surface area contributed by atoms with Crippen LogP contribution in [0, 0.1) is 11.3 Å². The molecule has 4 aromatic rings. The number of nitrogens with zero attached hydrogens (tertiary/aromatic N) is 7. The van der Waals surface area contributed by atoms with Gasteiger partial charge in [-0.25, -0.2) is 24.4 Å². The van der Waals surface area contributed by atoms with Crippen molar-refractivity contribution in [1.82, 2.24) is 29.3 Å². The number of imidazole rings is 1. The van der Waals surface area contributed by atoms with Gasteiger partial charge in [0.05, 0.1) is 23.8 Å². The van der Waals surface area contributed by atoms with Crippen LogP contribution in [0.4, 0.5) is 0 Å². The maximum absolute atomic E-state index is 12.2. The van der Waals surface area contributed by atoms with Crippen LogP contribution in [0.1, 0.15) is 34.6 Å². The normalized spacial score (nSPS) is 14.7. The summed E-state index contributed by atoms with van der Waals surface area (Å²) in [5.41, 5.74) is 9.75. The summed E-state index contributed by atoms with van der Waals surface area (Å²) in [6.45, 7) is 1.99. The van der Waals surface area contributed by atoms with Crippen LogP contribution in [0.25, 0.3) is 17.1 Å². The molecule has 0 amide bonds. The highest BCUT2D eigenvalue weighted by Crippen LogP contribution is 2.46. The van der Waals surface area contributed by atoms with Crippen LogP contribution < -0.4 is 10.5 Å². The van der Waals surface area contributed by atoms with Crippen LogP contribution in [0.15, 0.2) is 66.7 Å². The fourth-order valence-corrected chi connectivity index (χ4v) is 4.11. The fourth-order valence-electron chi connectivity index (χ4n) is 4.11. The molecular weight excluding hydrogens is 448 g/mol. The van der Waals surface area contributed by atoms with Crippen LogP contribution in [0.2, 0.25) is 0 Å². The number of nitrogens with two attached hydrogens (primary N) is 1. The molecule has 1 unspecified atom stereocenters. The minimum atomic E-state index is -0.538. The minimum Gasteiger partial charge on any atom is -0.460 e. The molecule has 11 nitrogen and oxygen atoms in total. The van der Waals surface area contributed by atoms with Crippen LogP contribution >= 0.6 is 0 Å². The maximum atomic E-state index is 12.2. The van der Waals surface area contributed by atoms with Gasteiger partial charge >= 0.3 is 5.97 Å². The van der Waals surface area contributed by atoms with E-state index in [4.69, 9.17) is 15.2 Å².